The topological polar surface area (TPSA) is 29.5 Å². The summed E-state index contributed by atoms with van der Waals surface area (Å²) in [4.78, 5) is 17.3. The predicted octanol–water partition coefficient (Wildman–Crippen LogP) is 3.27. The Morgan fingerprint density at radius 2 is 2.19 bits per heavy atom. The van der Waals surface area contributed by atoms with Crippen LogP contribution in [-0.2, 0) is 4.84 Å². The summed E-state index contributed by atoms with van der Waals surface area (Å²) in [6, 6.07) is 5.13. The van der Waals surface area contributed by atoms with E-state index in [9.17, 15) is 4.79 Å². The van der Waals surface area contributed by atoms with Crippen LogP contribution in [-0.4, -0.2) is 24.1 Å². The molecular formula is C11H11BrClNO2. The van der Waals surface area contributed by atoms with Gasteiger partial charge in [0.1, 0.15) is 0 Å². The molecule has 16 heavy (non-hydrogen) atoms. The van der Waals surface area contributed by atoms with E-state index in [2.05, 4.69) is 15.9 Å². The predicted molar refractivity (Wildman–Crippen MR) is 65.4 cm³/mol. The van der Waals surface area contributed by atoms with Gasteiger partial charge in [0.25, 0.3) is 5.91 Å². The van der Waals surface area contributed by atoms with E-state index in [4.69, 9.17) is 16.4 Å². The van der Waals surface area contributed by atoms with E-state index < -0.39 is 0 Å². The number of nitrogens with zero attached hydrogens (tertiary/aromatic N) is 1. The van der Waals surface area contributed by atoms with Gasteiger partial charge >= 0.3 is 0 Å². The third-order valence-corrected chi connectivity index (χ3v) is 3.01. The minimum absolute atomic E-state index is 0.136. The Hall–Kier alpha value is -0.580. The Morgan fingerprint density at radius 3 is 2.81 bits per heavy atom. The van der Waals surface area contributed by atoms with Crippen molar-refractivity contribution >= 4 is 33.4 Å². The summed E-state index contributed by atoms with van der Waals surface area (Å²) in [5.41, 5.74) is 0.543. The van der Waals surface area contributed by atoms with Crippen molar-refractivity contribution in [2.45, 2.75) is 12.8 Å². The van der Waals surface area contributed by atoms with Crippen molar-refractivity contribution in [1.29, 1.82) is 0 Å². The average Bonchev–Trinajstić information content (AvgIpc) is 2.28. The molecule has 1 saturated heterocycles. The molecule has 1 aromatic carbocycles. The van der Waals surface area contributed by atoms with Gasteiger partial charge < -0.3 is 0 Å². The molecule has 1 aliphatic heterocycles. The molecule has 0 aliphatic carbocycles. The van der Waals surface area contributed by atoms with Crippen LogP contribution in [0.5, 0.6) is 0 Å². The van der Waals surface area contributed by atoms with E-state index in [1.807, 2.05) is 0 Å². The first kappa shape index (κ1) is 11.9. The molecule has 0 atom stereocenters. The maximum Gasteiger partial charge on any atom is 0.277 e. The molecule has 1 amide bonds. The normalized spacial score (nSPS) is 16.2. The summed E-state index contributed by atoms with van der Waals surface area (Å²) in [6.45, 7) is 1.25. The lowest BCUT2D eigenvalue weighted by Crippen LogP contribution is -2.35. The molecule has 1 heterocycles. The zero-order chi connectivity index (χ0) is 11.5. The highest BCUT2D eigenvalue weighted by Crippen LogP contribution is 2.21. The van der Waals surface area contributed by atoms with Gasteiger partial charge in [-0.05, 0) is 31.0 Å². The largest absolute Gasteiger partial charge is 0.277 e. The van der Waals surface area contributed by atoms with Crippen LogP contribution >= 0.6 is 27.5 Å². The standard InChI is InChI=1S/C11H11BrClNO2/c12-9-5-8(6-10(13)7-9)11(15)14-3-1-2-4-16-14/h5-7H,1-4H2. The number of hydroxylamine groups is 2. The van der Waals surface area contributed by atoms with E-state index in [1.54, 1.807) is 18.2 Å². The molecule has 3 nitrogen and oxygen atoms in total. The SMILES string of the molecule is O=C(c1cc(Cl)cc(Br)c1)N1CCCCO1. The third-order valence-electron chi connectivity index (χ3n) is 2.34. The first-order chi connectivity index (χ1) is 7.66. The Balaban J connectivity index is 2.19. The molecule has 86 valence electrons. The van der Waals surface area contributed by atoms with Gasteiger partial charge in [-0.25, -0.2) is 5.06 Å². The van der Waals surface area contributed by atoms with E-state index in [0.29, 0.717) is 23.7 Å². The summed E-state index contributed by atoms with van der Waals surface area (Å²) in [5, 5.41) is 1.94. The quantitative estimate of drug-likeness (QED) is 0.797. The van der Waals surface area contributed by atoms with E-state index in [0.717, 1.165) is 17.3 Å². The Labute approximate surface area is 107 Å². The highest BCUT2D eigenvalue weighted by molar-refractivity contribution is 9.10. The zero-order valence-corrected chi connectivity index (χ0v) is 10.9. The van der Waals surface area contributed by atoms with Crippen molar-refractivity contribution in [2.24, 2.45) is 0 Å². The summed E-state index contributed by atoms with van der Waals surface area (Å²) < 4.78 is 0.792. The van der Waals surface area contributed by atoms with Gasteiger partial charge in [-0.2, -0.15) is 0 Å². The Bertz CT molecular complexity index is 385. The molecule has 1 fully saturated rings. The summed E-state index contributed by atoms with van der Waals surface area (Å²) >= 11 is 9.20. The van der Waals surface area contributed by atoms with Crippen molar-refractivity contribution in [1.82, 2.24) is 5.06 Å². The molecule has 0 saturated carbocycles. The van der Waals surface area contributed by atoms with Crippen molar-refractivity contribution in [3.05, 3.63) is 33.3 Å². The zero-order valence-electron chi connectivity index (χ0n) is 8.58. The molecule has 0 spiro atoms. The number of hydrogen-bond acceptors (Lipinski definition) is 2. The number of benzene rings is 1. The van der Waals surface area contributed by atoms with Crippen molar-refractivity contribution in [2.75, 3.05) is 13.2 Å². The number of amides is 1. The van der Waals surface area contributed by atoms with Crippen molar-refractivity contribution < 1.29 is 9.63 Å². The second kappa shape index (κ2) is 5.17. The fraction of sp³-hybridized carbons (Fsp3) is 0.364. The van der Waals surface area contributed by atoms with Gasteiger partial charge in [0.05, 0.1) is 6.61 Å². The third kappa shape index (κ3) is 2.75. The summed E-state index contributed by atoms with van der Waals surface area (Å²) in [5.74, 6) is -0.136. The lowest BCUT2D eigenvalue weighted by molar-refractivity contribution is -0.144. The summed E-state index contributed by atoms with van der Waals surface area (Å²) in [7, 11) is 0. The van der Waals surface area contributed by atoms with E-state index in [1.165, 1.54) is 5.06 Å². The fourth-order valence-corrected chi connectivity index (χ4v) is 2.44. The van der Waals surface area contributed by atoms with Gasteiger partial charge in [-0.1, -0.05) is 27.5 Å². The highest BCUT2D eigenvalue weighted by Gasteiger charge is 2.19. The Kier molecular flexibility index (Phi) is 3.84. The number of halogens is 2. The highest BCUT2D eigenvalue weighted by atomic mass is 79.9. The van der Waals surface area contributed by atoms with Crippen molar-refractivity contribution in [3.63, 3.8) is 0 Å². The minimum atomic E-state index is -0.136. The van der Waals surface area contributed by atoms with Gasteiger partial charge in [0.15, 0.2) is 0 Å². The monoisotopic (exact) mass is 303 g/mol. The van der Waals surface area contributed by atoms with Crippen LogP contribution in [0.4, 0.5) is 0 Å². The Morgan fingerprint density at radius 1 is 1.38 bits per heavy atom. The number of rotatable bonds is 1. The van der Waals surface area contributed by atoms with Crippen LogP contribution in [0, 0.1) is 0 Å². The number of hydrogen-bond donors (Lipinski definition) is 0. The molecular weight excluding hydrogens is 293 g/mol. The molecule has 0 radical (unpaired) electrons. The molecule has 5 heteroatoms. The number of carbonyl (C=O) groups excluding carboxylic acids is 1. The minimum Gasteiger partial charge on any atom is -0.271 e. The van der Waals surface area contributed by atoms with Crippen LogP contribution in [0.25, 0.3) is 0 Å². The second-order valence-corrected chi connectivity index (χ2v) is 4.96. The average molecular weight is 305 g/mol. The molecule has 0 bridgehead atoms. The smallest absolute Gasteiger partial charge is 0.271 e. The van der Waals surface area contributed by atoms with E-state index >= 15 is 0 Å². The fourth-order valence-electron chi connectivity index (χ4n) is 1.58. The van der Waals surface area contributed by atoms with Gasteiger partial charge in [0.2, 0.25) is 0 Å². The molecule has 0 unspecified atom stereocenters. The van der Waals surface area contributed by atoms with Crippen LogP contribution in [0.15, 0.2) is 22.7 Å². The summed E-state index contributed by atoms with van der Waals surface area (Å²) in [6.07, 6.45) is 1.98. The number of carbonyl (C=O) groups is 1. The van der Waals surface area contributed by atoms with Crippen LogP contribution < -0.4 is 0 Å². The molecule has 1 aliphatic rings. The van der Waals surface area contributed by atoms with Gasteiger partial charge in [-0.15, -0.1) is 0 Å². The molecule has 0 aromatic heterocycles. The van der Waals surface area contributed by atoms with E-state index in [-0.39, 0.29) is 5.91 Å². The molecule has 1 aromatic rings. The first-order valence-corrected chi connectivity index (χ1v) is 6.25. The lowest BCUT2D eigenvalue weighted by atomic mass is 10.2. The molecule has 2 rings (SSSR count). The van der Waals surface area contributed by atoms with Crippen LogP contribution in [0.1, 0.15) is 23.2 Å². The lowest BCUT2D eigenvalue weighted by Gasteiger charge is -2.25. The second-order valence-electron chi connectivity index (χ2n) is 3.61. The maximum atomic E-state index is 12.0. The van der Waals surface area contributed by atoms with Crippen molar-refractivity contribution in [3.8, 4) is 0 Å². The van der Waals surface area contributed by atoms with Gasteiger partial charge in [0, 0.05) is 21.6 Å². The molecule has 0 N–H and O–H groups in total. The van der Waals surface area contributed by atoms with Crippen LogP contribution in [0.2, 0.25) is 5.02 Å². The van der Waals surface area contributed by atoms with Crippen LogP contribution in [0.3, 0.4) is 0 Å². The van der Waals surface area contributed by atoms with Gasteiger partial charge in [-0.3, -0.25) is 9.63 Å². The first-order valence-electron chi connectivity index (χ1n) is 5.08. The maximum absolute atomic E-state index is 12.0.